The van der Waals surface area contributed by atoms with Crippen LogP contribution in [0.15, 0.2) is 30.6 Å². The van der Waals surface area contributed by atoms with Gasteiger partial charge < -0.3 is 14.3 Å². The van der Waals surface area contributed by atoms with E-state index in [1.807, 2.05) is 25.2 Å². The minimum Gasteiger partial charge on any atom is -0.494 e. The van der Waals surface area contributed by atoms with Crippen molar-refractivity contribution in [3.05, 3.63) is 36.4 Å². The molecule has 2 N–H and O–H groups in total. The number of carbonyl (C=O) groups excluding carboxylic acids is 1. The van der Waals surface area contributed by atoms with Gasteiger partial charge in [-0.05, 0) is 12.1 Å². The number of amides is 1. The topological polar surface area (TPSA) is 84.8 Å². The van der Waals surface area contributed by atoms with Gasteiger partial charge >= 0.3 is 0 Å². The maximum atomic E-state index is 12.0. The van der Waals surface area contributed by atoms with Gasteiger partial charge in [0.1, 0.15) is 11.3 Å². The summed E-state index contributed by atoms with van der Waals surface area (Å²) in [6.07, 6.45) is 3.11. The number of rotatable bonds is 3. The first-order valence-electron chi connectivity index (χ1n) is 6.01. The number of aryl methyl sites for hydroxylation is 1. The lowest BCUT2D eigenvalue weighted by molar-refractivity contribution is 0.101. The summed E-state index contributed by atoms with van der Waals surface area (Å²) in [6, 6.07) is 5.61. The molecule has 0 aliphatic carbocycles. The molecule has 1 amide bonds. The number of benzene rings is 1. The van der Waals surface area contributed by atoms with E-state index >= 15 is 0 Å². The lowest BCUT2D eigenvalue weighted by atomic mass is 10.3. The summed E-state index contributed by atoms with van der Waals surface area (Å²) in [7, 11) is 3.41. The highest BCUT2D eigenvalue weighted by Gasteiger charge is 2.15. The Morgan fingerprint density at radius 3 is 3.00 bits per heavy atom. The van der Waals surface area contributed by atoms with E-state index in [0.29, 0.717) is 17.2 Å². The zero-order valence-electron chi connectivity index (χ0n) is 11.0. The van der Waals surface area contributed by atoms with Crippen LogP contribution in [0.4, 0.5) is 5.95 Å². The Bertz CT molecular complexity index is 761. The summed E-state index contributed by atoms with van der Waals surface area (Å²) >= 11 is 0. The van der Waals surface area contributed by atoms with Crippen LogP contribution in [0.5, 0.6) is 5.75 Å². The van der Waals surface area contributed by atoms with Crippen molar-refractivity contribution in [2.75, 3.05) is 12.4 Å². The first-order chi connectivity index (χ1) is 9.70. The molecule has 3 rings (SSSR count). The smallest absolute Gasteiger partial charge is 0.293 e. The standard InChI is InChI=1S/C13H13N5O2/c1-18-8-4-3-5-9(20-2)10(8)16-13(18)17-12(19)11-14-6-7-15-11/h3-7H,1-2H3,(H,14,15)(H,16,17,19). The van der Waals surface area contributed by atoms with Gasteiger partial charge in [-0.15, -0.1) is 0 Å². The largest absolute Gasteiger partial charge is 0.494 e. The minimum absolute atomic E-state index is 0.240. The van der Waals surface area contributed by atoms with Crippen molar-refractivity contribution in [2.24, 2.45) is 7.05 Å². The summed E-state index contributed by atoms with van der Waals surface area (Å²) in [5.74, 6) is 0.999. The molecule has 0 saturated carbocycles. The van der Waals surface area contributed by atoms with Crippen LogP contribution in [0.2, 0.25) is 0 Å². The molecule has 0 saturated heterocycles. The zero-order chi connectivity index (χ0) is 14.1. The Hall–Kier alpha value is -2.83. The van der Waals surface area contributed by atoms with Crippen LogP contribution in [0.1, 0.15) is 10.6 Å². The highest BCUT2D eigenvalue weighted by Crippen LogP contribution is 2.26. The van der Waals surface area contributed by atoms with E-state index in [1.54, 1.807) is 17.9 Å². The number of nitrogens with one attached hydrogen (secondary N) is 2. The second kappa shape index (κ2) is 4.69. The molecule has 20 heavy (non-hydrogen) atoms. The first kappa shape index (κ1) is 12.2. The molecular weight excluding hydrogens is 258 g/mol. The third-order valence-electron chi connectivity index (χ3n) is 3.03. The van der Waals surface area contributed by atoms with Crippen molar-refractivity contribution < 1.29 is 9.53 Å². The van der Waals surface area contributed by atoms with Crippen molar-refractivity contribution in [1.29, 1.82) is 0 Å². The van der Waals surface area contributed by atoms with Crippen molar-refractivity contribution in [3.63, 3.8) is 0 Å². The number of H-pyrrole nitrogens is 1. The number of fused-ring (bicyclic) bond motifs is 1. The number of aromatic nitrogens is 4. The summed E-state index contributed by atoms with van der Waals surface area (Å²) in [5.41, 5.74) is 1.58. The second-order valence-corrected chi connectivity index (χ2v) is 4.21. The number of nitrogens with zero attached hydrogens (tertiary/aromatic N) is 3. The number of carbonyl (C=O) groups is 1. The average molecular weight is 271 g/mol. The predicted octanol–water partition coefficient (Wildman–Crippen LogP) is 1.56. The molecule has 0 atom stereocenters. The Kier molecular flexibility index (Phi) is 2.86. The zero-order valence-corrected chi connectivity index (χ0v) is 11.0. The highest BCUT2D eigenvalue weighted by molar-refractivity contribution is 6.01. The summed E-state index contributed by atoms with van der Waals surface area (Å²) in [5, 5.41) is 2.72. The number of imidazole rings is 2. The third kappa shape index (κ3) is 1.89. The number of ether oxygens (including phenoxy) is 1. The van der Waals surface area contributed by atoms with Gasteiger partial charge in [-0.2, -0.15) is 0 Å². The summed E-state index contributed by atoms with van der Waals surface area (Å²) < 4.78 is 7.06. The molecule has 2 heterocycles. The van der Waals surface area contributed by atoms with Crippen LogP contribution < -0.4 is 10.1 Å². The first-order valence-corrected chi connectivity index (χ1v) is 6.01. The molecule has 0 fully saturated rings. The van der Waals surface area contributed by atoms with Gasteiger partial charge in [0.2, 0.25) is 5.95 Å². The summed E-state index contributed by atoms with van der Waals surface area (Å²) in [6.45, 7) is 0. The van der Waals surface area contributed by atoms with E-state index in [-0.39, 0.29) is 11.7 Å². The van der Waals surface area contributed by atoms with Gasteiger partial charge in [-0.1, -0.05) is 6.07 Å². The van der Waals surface area contributed by atoms with Crippen LogP contribution in [-0.4, -0.2) is 32.5 Å². The fourth-order valence-corrected chi connectivity index (χ4v) is 2.02. The second-order valence-electron chi connectivity index (χ2n) is 4.21. The molecule has 0 aliphatic rings. The summed E-state index contributed by atoms with van der Waals surface area (Å²) in [4.78, 5) is 23.0. The van der Waals surface area contributed by atoms with Gasteiger partial charge in [0.25, 0.3) is 5.91 Å². The molecule has 7 nitrogen and oxygen atoms in total. The van der Waals surface area contributed by atoms with E-state index in [2.05, 4.69) is 20.3 Å². The van der Waals surface area contributed by atoms with Gasteiger partial charge in [0.05, 0.1) is 12.6 Å². The van der Waals surface area contributed by atoms with Crippen molar-refractivity contribution in [3.8, 4) is 5.75 Å². The molecule has 3 aromatic rings. The molecule has 0 unspecified atom stereocenters. The number of hydrogen-bond donors (Lipinski definition) is 2. The molecular formula is C13H13N5O2. The van der Waals surface area contributed by atoms with Crippen LogP contribution in [0.25, 0.3) is 11.0 Å². The highest BCUT2D eigenvalue weighted by atomic mass is 16.5. The molecule has 0 aliphatic heterocycles. The minimum atomic E-state index is -0.340. The Morgan fingerprint density at radius 1 is 1.45 bits per heavy atom. The quantitative estimate of drug-likeness (QED) is 0.757. The fourth-order valence-electron chi connectivity index (χ4n) is 2.02. The Labute approximate surface area is 114 Å². The normalized spacial score (nSPS) is 10.7. The van der Waals surface area contributed by atoms with Gasteiger partial charge in [0, 0.05) is 19.4 Å². The SMILES string of the molecule is COc1cccc2c1nc(NC(=O)c1ncc[nH]1)n2C. The lowest BCUT2D eigenvalue weighted by Gasteiger charge is -2.03. The fraction of sp³-hybridized carbons (Fsp3) is 0.154. The van der Waals surface area contributed by atoms with E-state index < -0.39 is 0 Å². The third-order valence-corrected chi connectivity index (χ3v) is 3.03. The van der Waals surface area contributed by atoms with Crippen molar-refractivity contribution in [1.82, 2.24) is 19.5 Å². The van der Waals surface area contributed by atoms with Crippen molar-refractivity contribution in [2.45, 2.75) is 0 Å². The average Bonchev–Trinajstić information content (AvgIpc) is 3.08. The molecule has 102 valence electrons. The van der Waals surface area contributed by atoms with Gasteiger partial charge in [0.15, 0.2) is 5.82 Å². The maximum absolute atomic E-state index is 12.0. The predicted molar refractivity (Wildman–Crippen MR) is 73.8 cm³/mol. The van der Waals surface area contributed by atoms with E-state index in [0.717, 1.165) is 5.52 Å². The molecule has 1 aromatic carbocycles. The van der Waals surface area contributed by atoms with E-state index in [4.69, 9.17) is 4.74 Å². The number of para-hydroxylation sites is 1. The maximum Gasteiger partial charge on any atom is 0.293 e. The molecule has 7 heteroatoms. The monoisotopic (exact) mass is 271 g/mol. The Morgan fingerprint density at radius 2 is 2.30 bits per heavy atom. The van der Waals surface area contributed by atoms with Crippen LogP contribution in [0.3, 0.4) is 0 Å². The van der Waals surface area contributed by atoms with Crippen LogP contribution in [-0.2, 0) is 7.05 Å². The molecule has 0 radical (unpaired) electrons. The number of hydrogen-bond acceptors (Lipinski definition) is 4. The van der Waals surface area contributed by atoms with E-state index in [9.17, 15) is 4.79 Å². The van der Waals surface area contributed by atoms with Crippen LogP contribution >= 0.6 is 0 Å². The molecule has 0 bridgehead atoms. The van der Waals surface area contributed by atoms with Gasteiger partial charge in [-0.25, -0.2) is 9.97 Å². The Balaban J connectivity index is 2.00. The van der Waals surface area contributed by atoms with Gasteiger partial charge in [-0.3, -0.25) is 10.1 Å². The number of aromatic amines is 1. The molecule has 2 aromatic heterocycles. The van der Waals surface area contributed by atoms with Crippen molar-refractivity contribution >= 4 is 22.9 Å². The molecule has 0 spiro atoms. The lowest BCUT2D eigenvalue weighted by Crippen LogP contribution is -2.16. The number of methoxy groups -OCH3 is 1. The van der Waals surface area contributed by atoms with E-state index in [1.165, 1.54) is 6.20 Å². The van der Waals surface area contributed by atoms with Crippen LogP contribution in [0, 0.1) is 0 Å². The number of anilines is 1.